The summed E-state index contributed by atoms with van der Waals surface area (Å²) >= 11 is 0. The molecule has 0 aromatic heterocycles. The van der Waals surface area contributed by atoms with Crippen LogP contribution >= 0.6 is 0 Å². The Bertz CT molecular complexity index is 227. The molecule has 0 aromatic rings. The van der Waals surface area contributed by atoms with Crippen molar-refractivity contribution in [1.82, 2.24) is 0 Å². The molecule has 0 atom stereocenters. The molecule has 0 aliphatic carbocycles. The second-order valence-electron chi connectivity index (χ2n) is 2.14. The van der Waals surface area contributed by atoms with Crippen LogP contribution in [0.25, 0.3) is 0 Å². The Morgan fingerprint density at radius 1 is 0.929 bits per heavy atom. The highest BCUT2D eigenvalue weighted by atomic mass is 16.5. The Morgan fingerprint density at radius 2 is 1.29 bits per heavy atom. The summed E-state index contributed by atoms with van der Waals surface area (Å²) in [5.74, 6) is -0.976. The van der Waals surface area contributed by atoms with E-state index in [9.17, 15) is 9.59 Å². The molecule has 0 spiro atoms. The Kier molecular flexibility index (Phi) is 6.77. The zero-order valence-corrected chi connectivity index (χ0v) is 7.77. The largest absolute Gasteiger partial charge is 0.458 e. The molecule has 4 heteroatoms. The van der Waals surface area contributed by atoms with Gasteiger partial charge in [0, 0.05) is 12.2 Å². The summed E-state index contributed by atoms with van der Waals surface area (Å²) in [6.07, 6.45) is 5.28. The molecule has 0 fully saturated rings. The zero-order chi connectivity index (χ0) is 10.8. The molecule has 0 bridgehead atoms. The molecule has 0 unspecified atom stereocenters. The Morgan fingerprint density at radius 3 is 1.57 bits per heavy atom. The average Bonchev–Trinajstić information content (AvgIpc) is 2.22. The highest BCUT2D eigenvalue weighted by molar-refractivity contribution is 5.81. The minimum absolute atomic E-state index is 0.135. The summed E-state index contributed by atoms with van der Waals surface area (Å²) in [6.45, 7) is 6.73. The van der Waals surface area contributed by atoms with Gasteiger partial charge < -0.3 is 9.47 Å². The lowest BCUT2D eigenvalue weighted by molar-refractivity contribution is -0.137. The van der Waals surface area contributed by atoms with Crippen LogP contribution in [-0.2, 0) is 19.1 Å². The minimum atomic E-state index is -0.488. The third-order valence-corrected chi connectivity index (χ3v) is 1.14. The van der Waals surface area contributed by atoms with Crippen LogP contribution in [0, 0.1) is 0 Å². The highest BCUT2D eigenvalue weighted by Crippen LogP contribution is 1.84. The van der Waals surface area contributed by atoms with E-state index in [2.05, 4.69) is 22.6 Å². The quantitative estimate of drug-likeness (QED) is 0.361. The van der Waals surface area contributed by atoms with Crippen LogP contribution in [0.1, 0.15) is 0 Å². The summed E-state index contributed by atoms with van der Waals surface area (Å²) in [5, 5.41) is 0. The molecular formula is C10H12O4. The second kappa shape index (κ2) is 7.79. The maximum Gasteiger partial charge on any atom is 0.330 e. The molecule has 76 valence electrons. The van der Waals surface area contributed by atoms with E-state index in [-0.39, 0.29) is 13.2 Å². The summed E-state index contributed by atoms with van der Waals surface area (Å²) in [5.41, 5.74) is 0. The van der Waals surface area contributed by atoms with E-state index in [0.717, 1.165) is 12.2 Å². The Balaban J connectivity index is 3.45. The molecule has 14 heavy (non-hydrogen) atoms. The number of hydrogen-bond acceptors (Lipinski definition) is 4. The van der Waals surface area contributed by atoms with Crippen molar-refractivity contribution in [2.75, 3.05) is 13.2 Å². The van der Waals surface area contributed by atoms with Crippen molar-refractivity contribution in [1.29, 1.82) is 0 Å². The van der Waals surface area contributed by atoms with E-state index < -0.39 is 11.9 Å². The van der Waals surface area contributed by atoms with E-state index in [4.69, 9.17) is 0 Å². The van der Waals surface area contributed by atoms with E-state index in [1.807, 2.05) is 0 Å². The number of carbonyl (C=O) groups excluding carboxylic acids is 2. The maximum absolute atomic E-state index is 10.5. The molecule has 0 aliphatic rings. The van der Waals surface area contributed by atoms with Crippen LogP contribution in [-0.4, -0.2) is 25.2 Å². The van der Waals surface area contributed by atoms with Crippen LogP contribution in [0.15, 0.2) is 37.5 Å². The fraction of sp³-hybridized carbons (Fsp3) is 0.200. The van der Waals surface area contributed by atoms with Crippen LogP contribution in [0.4, 0.5) is 0 Å². The molecular weight excluding hydrogens is 184 g/mol. The third-order valence-electron chi connectivity index (χ3n) is 1.14. The second-order valence-corrected chi connectivity index (χ2v) is 2.14. The lowest BCUT2D eigenvalue weighted by atomic mass is 10.5. The van der Waals surface area contributed by atoms with E-state index >= 15 is 0 Å². The van der Waals surface area contributed by atoms with Gasteiger partial charge in [-0.3, -0.25) is 0 Å². The smallest absolute Gasteiger partial charge is 0.330 e. The van der Waals surface area contributed by atoms with E-state index in [1.54, 1.807) is 12.2 Å². The van der Waals surface area contributed by atoms with Gasteiger partial charge in [-0.1, -0.05) is 13.2 Å². The lowest BCUT2D eigenvalue weighted by Gasteiger charge is -1.96. The Hall–Kier alpha value is -1.84. The van der Waals surface area contributed by atoms with Crippen LogP contribution < -0.4 is 0 Å². The molecule has 0 heterocycles. The van der Waals surface area contributed by atoms with Crippen LogP contribution in [0.2, 0.25) is 0 Å². The Labute approximate surface area is 82.5 Å². The van der Waals surface area contributed by atoms with Crippen molar-refractivity contribution in [2.24, 2.45) is 0 Å². The summed E-state index contributed by atoms with van der Waals surface area (Å²) in [6, 6.07) is 0. The molecule has 0 saturated heterocycles. The first kappa shape index (κ1) is 12.2. The number of carbonyl (C=O) groups is 2. The minimum Gasteiger partial charge on any atom is -0.458 e. The van der Waals surface area contributed by atoms with Gasteiger partial charge in [-0.15, -0.1) is 0 Å². The molecule has 0 radical (unpaired) electrons. The lowest BCUT2D eigenvalue weighted by Crippen LogP contribution is -2.01. The maximum atomic E-state index is 10.5. The van der Waals surface area contributed by atoms with Gasteiger partial charge in [-0.05, 0) is 12.2 Å². The normalized spacial score (nSPS) is 9.43. The van der Waals surface area contributed by atoms with Gasteiger partial charge in [-0.25, -0.2) is 9.59 Å². The number of rotatable bonds is 6. The number of esters is 2. The summed E-state index contributed by atoms with van der Waals surface area (Å²) in [7, 11) is 0. The molecule has 0 amide bonds. The molecule has 0 aliphatic heterocycles. The van der Waals surface area contributed by atoms with Crippen molar-refractivity contribution in [2.45, 2.75) is 0 Å². The van der Waals surface area contributed by atoms with Gasteiger partial charge in [0.2, 0.25) is 0 Å². The zero-order valence-electron chi connectivity index (χ0n) is 7.77. The first-order valence-corrected chi connectivity index (χ1v) is 3.94. The van der Waals surface area contributed by atoms with Gasteiger partial charge in [0.25, 0.3) is 0 Å². The third kappa shape index (κ3) is 6.84. The molecule has 0 N–H and O–H groups in total. The summed E-state index contributed by atoms with van der Waals surface area (Å²) in [4.78, 5) is 21.1. The van der Waals surface area contributed by atoms with E-state index in [0.29, 0.717) is 0 Å². The van der Waals surface area contributed by atoms with Gasteiger partial charge in [0.05, 0.1) is 0 Å². The fourth-order valence-electron chi connectivity index (χ4n) is 0.514. The van der Waals surface area contributed by atoms with Gasteiger partial charge in [0.15, 0.2) is 0 Å². The van der Waals surface area contributed by atoms with Crippen molar-refractivity contribution >= 4 is 11.9 Å². The van der Waals surface area contributed by atoms with Crippen LogP contribution in [0.5, 0.6) is 0 Å². The first-order valence-electron chi connectivity index (χ1n) is 3.94. The fourth-order valence-corrected chi connectivity index (χ4v) is 0.514. The molecule has 0 saturated carbocycles. The first-order chi connectivity index (χ1) is 6.70. The average molecular weight is 196 g/mol. The predicted molar refractivity (Wildman–Crippen MR) is 51.5 cm³/mol. The molecule has 0 aromatic carbocycles. The molecule has 4 nitrogen and oxygen atoms in total. The van der Waals surface area contributed by atoms with Gasteiger partial charge >= 0.3 is 11.9 Å². The highest BCUT2D eigenvalue weighted by Gasteiger charge is 1.92. The van der Waals surface area contributed by atoms with Gasteiger partial charge in [-0.2, -0.15) is 0 Å². The number of hydrogen-bond donors (Lipinski definition) is 0. The topological polar surface area (TPSA) is 52.6 Å². The standard InChI is InChI=1S/C10H12O4/c1-3-9(11)13-7-5-6-8-14-10(12)4-2/h3-6H,1-2,7-8H2/b6-5+. The van der Waals surface area contributed by atoms with Gasteiger partial charge in [0.1, 0.15) is 13.2 Å². The molecule has 0 rings (SSSR count). The van der Waals surface area contributed by atoms with Crippen LogP contribution in [0.3, 0.4) is 0 Å². The SMILES string of the molecule is C=CC(=O)OC/C=C/COC(=O)C=C. The van der Waals surface area contributed by atoms with Crippen molar-refractivity contribution in [3.63, 3.8) is 0 Å². The number of ether oxygens (including phenoxy) is 2. The van der Waals surface area contributed by atoms with Crippen molar-refractivity contribution in [3.8, 4) is 0 Å². The predicted octanol–water partition coefficient (Wildman–Crippen LogP) is 1.00. The summed E-state index contributed by atoms with van der Waals surface area (Å²) < 4.78 is 9.24. The monoisotopic (exact) mass is 196 g/mol. The van der Waals surface area contributed by atoms with Crippen molar-refractivity contribution in [3.05, 3.63) is 37.5 Å². The van der Waals surface area contributed by atoms with E-state index in [1.165, 1.54) is 0 Å². The van der Waals surface area contributed by atoms with Crippen molar-refractivity contribution < 1.29 is 19.1 Å².